The number of amides is 1. The molecule has 0 bridgehead atoms. The molecule has 1 aromatic carbocycles. The first-order valence-electron chi connectivity index (χ1n) is 12.5. The Labute approximate surface area is 228 Å². The highest BCUT2D eigenvalue weighted by atomic mass is 35.5. The second-order valence-corrected chi connectivity index (χ2v) is 9.99. The molecule has 1 saturated heterocycles. The number of para-hydroxylation sites is 1. The first-order valence-corrected chi connectivity index (χ1v) is 13.3. The number of carbonyl (C=O) groups is 1. The summed E-state index contributed by atoms with van der Waals surface area (Å²) in [7, 11) is 1.53. The Balaban J connectivity index is 1.47. The molecule has 3 heterocycles. The van der Waals surface area contributed by atoms with E-state index in [9.17, 15) is 4.79 Å². The molecule has 10 heteroatoms. The quantitative estimate of drug-likeness (QED) is 0.368. The topological polar surface area (TPSA) is 93.7 Å². The van der Waals surface area contributed by atoms with E-state index in [1.54, 1.807) is 30.6 Å². The van der Waals surface area contributed by atoms with Crippen LogP contribution in [0.3, 0.4) is 0 Å². The molecule has 2 unspecified atom stereocenters. The van der Waals surface area contributed by atoms with Crippen molar-refractivity contribution in [1.29, 1.82) is 0 Å². The fourth-order valence-corrected chi connectivity index (χ4v) is 5.09. The fraction of sp³-hybridized carbons (Fsp3) is 0.444. The molecule has 4 rings (SSSR count). The van der Waals surface area contributed by atoms with Gasteiger partial charge in [0.05, 0.1) is 42.3 Å². The highest BCUT2D eigenvalue weighted by Gasteiger charge is 2.28. The lowest BCUT2D eigenvalue weighted by atomic mass is 10.0. The normalized spacial score (nSPS) is 19.7. The Bertz CT molecular complexity index is 1150. The molecule has 2 aliphatic rings. The monoisotopic (exact) mass is 544 g/mol. The van der Waals surface area contributed by atoms with Crippen molar-refractivity contribution in [1.82, 2.24) is 15.6 Å². The maximum absolute atomic E-state index is 13.0. The number of pyridine rings is 1. The highest BCUT2D eigenvalue weighted by molar-refractivity contribution is 7.81. The number of hydrogen-bond acceptors (Lipinski definition) is 7. The van der Waals surface area contributed by atoms with Crippen LogP contribution in [0.5, 0.6) is 11.5 Å². The summed E-state index contributed by atoms with van der Waals surface area (Å²) in [6.45, 7) is 3.81. The molecule has 2 atom stereocenters. The highest BCUT2D eigenvalue weighted by Crippen LogP contribution is 2.33. The van der Waals surface area contributed by atoms with Crippen LogP contribution in [-0.2, 0) is 16.1 Å². The van der Waals surface area contributed by atoms with Gasteiger partial charge in [-0.3, -0.25) is 9.78 Å². The first kappa shape index (κ1) is 27.2. The number of nitrogens with zero attached hydrogens (tertiary/aromatic N) is 1. The Hall–Kier alpha value is -2.88. The Morgan fingerprint density at radius 1 is 1.32 bits per heavy atom. The van der Waals surface area contributed by atoms with Crippen molar-refractivity contribution >= 4 is 40.4 Å². The average molecular weight is 545 g/mol. The lowest BCUT2D eigenvalue weighted by molar-refractivity contribution is -0.118. The molecular weight excluding hydrogens is 512 g/mol. The number of rotatable bonds is 10. The number of ether oxygens (including phenoxy) is 3. The predicted molar refractivity (Wildman–Crippen MR) is 148 cm³/mol. The number of hydrogen-bond donors (Lipinski definition) is 3. The van der Waals surface area contributed by atoms with Crippen LogP contribution in [0.1, 0.15) is 44.6 Å². The second-order valence-electron chi connectivity index (χ2n) is 9.17. The second kappa shape index (κ2) is 13.1. The van der Waals surface area contributed by atoms with Crippen molar-refractivity contribution in [3.8, 4) is 11.5 Å². The molecule has 2 aromatic rings. The summed E-state index contributed by atoms with van der Waals surface area (Å²) >= 11 is 11.9. The molecule has 1 amide bonds. The molecule has 3 N–H and O–H groups in total. The third-order valence-electron chi connectivity index (χ3n) is 6.40. The van der Waals surface area contributed by atoms with Crippen LogP contribution in [0.2, 0.25) is 5.02 Å². The zero-order chi connectivity index (χ0) is 26.2. The van der Waals surface area contributed by atoms with E-state index in [2.05, 4.69) is 20.9 Å². The third-order valence-corrected chi connectivity index (χ3v) is 7.00. The minimum absolute atomic E-state index is 0.0362. The number of methoxy groups -OCH3 is 1. The predicted octanol–water partition coefficient (Wildman–Crippen LogP) is 4.77. The van der Waals surface area contributed by atoms with Gasteiger partial charge >= 0.3 is 0 Å². The van der Waals surface area contributed by atoms with E-state index in [1.165, 1.54) is 13.5 Å². The summed E-state index contributed by atoms with van der Waals surface area (Å²) in [5, 5.41) is 9.98. The number of nitrogens with one attached hydrogen (secondary N) is 3. The van der Waals surface area contributed by atoms with Gasteiger partial charge in [0.15, 0.2) is 5.75 Å². The largest absolute Gasteiger partial charge is 0.493 e. The van der Waals surface area contributed by atoms with Gasteiger partial charge in [-0.2, -0.15) is 0 Å². The molecule has 0 saturated carbocycles. The number of carbonyl (C=O) groups excluding carboxylic acids is 1. The molecule has 8 nitrogen and oxygen atoms in total. The van der Waals surface area contributed by atoms with Crippen LogP contribution < -0.4 is 25.4 Å². The van der Waals surface area contributed by atoms with E-state index in [-0.39, 0.29) is 23.0 Å². The van der Waals surface area contributed by atoms with E-state index in [0.29, 0.717) is 47.4 Å². The summed E-state index contributed by atoms with van der Waals surface area (Å²) in [6.07, 6.45) is 8.59. The van der Waals surface area contributed by atoms with Crippen LogP contribution in [-0.4, -0.2) is 48.3 Å². The average Bonchev–Trinajstić information content (AvgIpc) is 2.88. The molecular formula is C27H33ClN4O4S. The molecule has 0 radical (unpaired) electrons. The van der Waals surface area contributed by atoms with Crippen LogP contribution in [0, 0.1) is 0 Å². The number of benzene rings is 1. The minimum atomic E-state index is -0.238. The Morgan fingerprint density at radius 3 is 2.97 bits per heavy atom. The van der Waals surface area contributed by atoms with Gasteiger partial charge in [0.1, 0.15) is 10.7 Å². The number of thiocarbonyl (C=S) groups is 1. The van der Waals surface area contributed by atoms with Gasteiger partial charge in [-0.05, 0) is 44.4 Å². The number of halogens is 1. The van der Waals surface area contributed by atoms with Gasteiger partial charge in [0, 0.05) is 49.5 Å². The van der Waals surface area contributed by atoms with Crippen molar-refractivity contribution in [3.63, 3.8) is 0 Å². The summed E-state index contributed by atoms with van der Waals surface area (Å²) in [6, 6.07) is 7.20. The smallest absolute Gasteiger partial charge is 0.256 e. The number of aromatic nitrogens is 1. The lowest BCUT2D eigenvalue weighted by Gasteiger charge is -2.27. The van der Waals surface area contributed by atoms with Crippen LogP contribution >= 0.6 is 23.8 Å². The maximum Gasteiger partial charge on any atom is 0.256 e. The molecule has 1 fully saturated rings. The van der Waals surface area contributed by atoms with E-state index >= 15 is 0 Å². The van der Waals surface area contributed by atoms with Gasteiger partial charge in [0.2, 0.25) is 0 Å². The molecule has 1 aromatic heterocycles. The summed E-state index contributed by atoms with van der Waals surface area (Å²) < 4.78 is 17.3. The molecule has 2 aliphatic heterocycles. The van der Waals surface area contributed by atoms with E-state index in [1.807, 2.05) is 13.0 Å². The van der Waals surface area contributed by atoms with Crippen LogP contribution in [0.4, 0.5) is 5.69 Å². The first-order chi connectivity index (χ1) is 18.0. The Morgan fingerprint density at radius 2 is 2.19 bits per heavy atom. The SMILES string of the molecule is COc1c(Cl)cccc1NC(=S)C1=C(NCc2ccncc2OCCC2CCCCO2)CC(C)NC1=O. The van der Waals surface area contributed by atoms with Crippen molar-refractivity contribution in [2.75, 3.05) is 25.6 Å². The fourth-order valence-electron chi connectivity index (χ4n) is 4.51. The van der Waals surface area contributed by atoms with Crippen LogP contribution in [0.25, 0.3) is 0 Å². The van der Waals surface area contributed by atoms with Crippen molar-refractivity contribution in [2.24, 2.45) is 0 Å². The third kappa shape index (κ3) is 7.12. The van der Waals surface area contributed by atoms with Crippen molar-refractivity contribution < 1.29 is 19.0 Å². The maximum atomic E-state index is 13.0. The van der Waals surface area contributed by atoms with E-state index in [4.69, 9.17) is 38.0 Å². The Kier molecular flexibility index (Phi) is 9.60. The minimum Gasteiger partial charge on any atom is -0.493 e. The summed E-state index contributed by atoms with van der Waals surface area (Å²) in [5.74, 6) is 0.937. The van der Waals surface area contributed by atoms with E-state index in [0.717, 1.165) is 37.1 Å². The molecule has 37 heavy (non-hydrogen) atoms. The molecule has 0 aliphatic carbocycles. The summed E-state index contributed by atoms with van der Waals surface area (Å²) in [5.41, 5.74) is 2.68. The van der Waals surface area contributed by atoms with E-state index < -0.39 is 0 Å². The molecule has 0 spiro atoms. The van der Waals surface area contributed by atoms with Crippen molar-refractivity contribution in [3.05, 3.63) is 58.5 Å². The lowest BCUT2D eigenvalue weighted by Crippen LogP contribution is -2.44. The van der Waals surface area contributed by atoms with Crippen LogP contribution in [0.15, 0.2) is 47.9 Å². The standard InChI is InChI=1S/C27H33ClN4O4S/c1-17-14-22(24(26(33)31-17)27(37)32-21-8-5-7-20(28)25(21)34-2)30-15-18-9-11-29-16-23(18)36-13-10-19-6-3-4-12-35-19/h5,7-9,11,16-17,19,30H,3-4,6,10,12-15H2,1-2H3,(H,31,33)(H,32,37). The van der Waals surface area contributed by atoms with Gasteiger partial charge in [-0.25, -0.2) is 0 Å². The number of anilines is 1. The zero-order valence-corrected chi connectivity index (χ0v) is 22.7. The molecule has 198 valence electrons. The van der Waals surface area contributed by atoms with Crippen molar-refractivity contribution in [2.45, 2.75) is 57.7 Å². The zero-order valence-electron chi connectivity index (χ0n) is 21.1. The summed E-state index contributed by atoms with van der Waals surface area (Å²) in [4.78, 5) is 17.5. The van der Waals surface area contributed by atoms with Gasteiger partial charge < -0.3 is 30.2 Å². The van der Waals surface area contributed by atoms with Gasteiger partial charge in [-0.15, -0.1) is 0 Å². The van der Waals surface area contributed by atoms with Gasteiger partial charge in [-0.1, -0.05) is 29.9 Å². The van der Waals surface area contributed by atoms with Gasteiger partial charge in [0.25, 0.3) is 5.91 Å².